The zero-order chi connectivity index (χ0) is 12.9. The lowest BCUT2D eigenvalue weighted by molar-refractivity contribution is 0.00565. The van der Waals surface area contributed by atoms with E-state index in [4.69, 9.17) is 0 Å². The SMILES string of the molecule is CCC(CC)CC(O)(CC)c1cccc(Br)c1. The zero-order valence-electron chi connectivity index (χ0n) is 11.0. The van der Waals surface area contributed by atoms with Crippen LogP contribution < -0.4 is 0 Å². The maximum Gasteiger partial charge on any atom is 0.0897 e. The zero-order valence-corrected chi connectivity index (χ0v) is 12.6. The molecular weight excluding hydrogens is 276 g/mol. The van der Waals surface area contributed by atoms with E-state index in [2.05, 4.69) is 36.7 Å². The van der Waals surface area contributed by atoms with E-state index in [1.807, 2.05) is 24.3 Å². The van der Waals surface area contributed by atoms with Crippen LogP contribution in [0.3, 0.4) is 0 Å². The molecule has 1 unspecified atom stereocenters. The molecule has 0 aliphatic rings. The van der Waals surface area contributed by atoms with E-state index >= 15 is 0 Å². The molecular formula is C15H23BrO. The standard InChI is InChI=1S/C15H23BrO/c1-4-12(5-2)11-15(17,6-3)13-8-7-9-14(16)10-13/h7-10,12,17H,4-6,11H2,1-3H3. The topological polar surface area (TPSA) is 20.2 Å². The number of hydrogen-bond acceptors (Lipinski definition) is 1. The number of benzene rings is 1. The predicted molar refractivity (Wildman–Crippen MR) is 77.0 cm³/mol. The highest BCUT2D eigenvalue weighted by molar-refractivity contribution is 9.10. The first-order valence-corrected chi connectivity index (χ1v) is 7.33. The average molecular weight is 299 g/mol. The van der Waals surface area contributed by atoms with E-state index in [1.165, 1.54) is 0 Å². The Bertz CT molecular complexity index is 347. The molecule has 1 rings (SSSR count). The first-order chi connectivity index (χ1) is 8.05. The third-order valence-corrected chi connectivity index (χ3v) is 4.22. The summed E-state index contributed by atoms with van der Waals surface area (Å²) in [5.74, 6) is 0.596. The molecule has 0 saturated heterocycles. The molecule has 0 aliphatic heterocycles. The molecule has 1 aromatic carbocycles. The van der Waals surface area contributed by atoms with Crippen molar-refractivity contribution >= 4 is 15.9 Å². The Balaban J connectivity index is 2.94. The molecule has 0 aliphatic carbocycles. The molecule has 0 spiro atoms. The molecule has 17 heavy (non-hydrogen) atoms. The molecule has 1 nitrogen and oxygen atoms in total. The Morgan fingerprint density at radius 2 is 1.88 bits per heavy atom. The minimum absolute atomic E-state index is 0.596. The van der Waals surface area contributed by atoms with Crippen molar-refractivity contribution in [1.82, 2.24) is 0 Å². The van der Waals surface area contributed by atoms with Crippen molar-refractivity contribution < 1.29 is 5.11 Å². The number of aliphatic hydroxyl groups is 1. The maximum atomic E-state index is 10.8. The number of rotatable bonds is 6. The van der Waals surface area contributed by atoms with Gasteiger partial charge < -0.3 is 5.11 Å². The van der Waals surface area contributed by atoms with Crippen molar-refractivity contribution in [1.29, 1.82) is 0 Å². The summed E-state index contributed by atoms with van der Waals surface area (Å²) in [5, 5.41) is 10.8. The molecule has 0 aromatic heterocycles. The quantitative estimate of drug-likeness (QED) is 0.794. The largest absolute Gasteiger partial charge is 0.385 e. The van der Waals surface area contributed by atoms with Crippen LogP contribution in [-0.4, -0.2) is 5.11 Å². The summed E-state index contributed by atoms with van der Waals surface area (Å²) in [4.78, 5) is 0. The molecule has 0 fully saturated rings. The maximum absolute atomic E-state index is 10.8. The van der Waals surface area contributed by atoms with E-state index in [0.29, 0.717) is 5.92 Å². The fourth-order valence-corrected chi connectivity index (χ4v) is 2.70. The van der Waals surface area contributed by atoms with Crippen LogP contribution in [0.5, 0.6) is 0 Å². The summed E-state index contributed by atoms with van der Waals surface area (Å²) in [6.07, 6.45) is 3.88. The molecule has 0 saturated carbocycles. The van der Waals surface area contributed by atoms with Gasteiger partial charge in [-0.3, -0.25) is 0 Å². The van der Waals surface area contributed by atoms with Gasteiger partial charge in [-0.05, 0) is 36.5 Å². The molecule has 0 radical (unpaired) electrons. The van der Waals surface area contributed by atoms with Crippen LogP contribution in [0.2, 0.25) is 0 Å². The minimum Gasteiger partial charge on any atom is -0.385 e. The van der Waals surface area contributed by atoms with Gasteiger partial charge in [0.25, 0.3) is 0 Å². The fourth-order valence-electron chi connectivity index (χ4n) is 2.30. The van der Waals surface area contributed by atoms with Gasteiger partial charge in [-0.2, -0.15) is 0 Å². The van der Waals surface area contributed by atoms with Crippen molar-refractivity contribution in [3.63, 3.8) is 0 Å². The summed E-state index contributed by atoms with van der Waals surface area (Å²) >= 11 is 3.47. The summed E-state index contributed by atoms with van der Waals surface area (Å²) < 4.78 is 1.03. The van der Waals surface area contributed by atoms with Crippen LogP contribution in [0.4, 0.5) is 0 Å². The van der Waals surface area contributed by atoms with Crippen LogP contribution >= 0.6 is 15.9 Å². The number of hydrogen-bond donors (Lipinski definition) is 1. The molecule has 0 amide bonds. The normalized spacial score (nSPS) is 14.9. The third-order valence-electron chi connectivity index (χ3n) is 3.73. The molecule has 1 atom stereocenters. The summed E-state index contributed by atoms with van der Waals surface area (Å²) in [6.45, 7) is 6.46. The average Bonchev–Trinajstić information content (AvgIpc) is 2.35. The minimum atomic E-state index is -0.680. The third kappa shape index (κ3) is 3.82. The van der Waals surface area contributed by atoms with Gasteiger partial charge >= 0.3 is 0 Å². The Morgan fingerprint density at radius 3 is 2.35 bits per heavy atom. The van der Waals surface area contributed by atoms with E-state index < -0.39 is 5.60 Å². The smallest absolute Gasteiger partial charge is 0.0897 e. The Labute approximate surface area is 113 Å². The lowest BCUT2D eigenvalue weighted by Gasteiger charge is -2.31. The van der Waals surface area contributed by atoms with Crippen molar-refractivity contribution in [2.75, 3.05) is 0 Å². The second kappa shape index (κ2) is 6.55. The van der Waals surface area contributed by atoms with Crippen LogP contribution in [0, 0.1) is 5.92 Å². The van der Waals surface area contributed by atoms with Gasteiger partial charge in [-0.1, -0.05) is 61.7 Å². The number of halogens is 1. The lowest BCUT2D eigenvalue weighted by atomic mass is 9.81. The van der Waals surface area contributed by atoms with Gasteiger partial charge in [0, 0.05) is 4.47 Å². The van der Waals surface area contributed by atoms with Gasteiger partial charge in [0.15, 0.2) is 0 Å². The van der Waals surface area contributed by atoms with E-state index in [1.54, 1.807) is 0 Å². The molecule has 2 heteroatoms. The fraction of sp³-hybridized carbons (Fsp3) is 0.600. The van der Waals surface area contributed by atoms with Crippen LogP contribution in [-0.2, 0) is 5.60 Å². The van der Waals surface area contributed by atoms with Gasteiger partial charge in [0.1, 0.15) is 0 Å². The highest BCUT2D eigenvalue weighted by atomic mass is 79.9. The molecule has 1 aromatic rings. The van der Waals surface area contributed by atoms with E-state index in [9.17, 15) is 5.11 Å². The van der Waals surface area contributed by atoms with Crippen molar-refractivity contribution in [2.45, 2.75) is 52.1 Å². The van der Waals surface area contributed by atoms with Crippen LogP contribution in [0.1, 0.15) is 52.0 Å². The first kappa shape index (κ1) is 14.7. The summed E-state index contributed by atoms with van der Waals surface area (Å²) in [7, 11) is 0. The van der Waals surface area contributed by atoms with E-state index in [0.717, 1.165) is 35.7 Å². The highest BCUT2D eigenvalue weighted by Gasteiger charge is 2.29. The van der Waals surface area contributed by atoms with Gasteiger partial charge in [-0.25, -0.2) is 0 Å². The van der Waals surface area contributed by atoms with Crippen molar-refractivity contribution in [3.8, 4) is 0 Å². The van der Waals surface area contributed by atoms with Gasteiger partial charge in [0.2, 0.25) is 0 Å². The molecule has 0 heterocycles. The Morgan fingerprint density at radius 1 is 1.24 bits per heavy atom. The molecule has 1 N–H and O–H groups in total. The summed E-state index contributed by atoms with van der Waals surface area (Å²) in [5.41, 5.74) is 0.349. The van der Waals surface area contributed by atoms with Gasteiger partial charge in [-0.15, -0.1) is 0 Å². The van der Waals surface area contributed by atoms with Crippen LogP contribution in [0.25, 0.3) is 0 Å². The first-order valence-electron chi connectivity index (χ1n) is 6.54. The van der Waals surface area contributed by atoms with Crippen LogP contribution in [0.15, 0.2) is 28.7 Å². The Hall–Kier alpha value is -0.340. The second-order valence-electron chi connectivity index (χ2n) is 4.78. The van der Waals surface area contributed by atoms with E-state index in [-0.39, 0.29) is 0 Å². The molecule has 0 bridgehead atoms. The van der Waals surface area contributed by atoms with Gasteiger partial charge in [0.05, 0.1) is 5.60 Å². The Kier molecular flexibility index (Phi) is 5.68. The van der Waals surface area contributed by atoms with Crippen molar-refractivity contribution in [3.05, 3.63) is 34.3 Å². The van der Waals surface area contributed by atoms with Crippen molar-refractivity contribution in [2.24, 2.45) is 5.92 Å². The predicted octanol–water partition coefficient (Wildman–Crippen LogP) is 4.87. The molecule has 96 valence electrons. The lowest BCUT2D eigenvalue weighted by Crippen LogP contribution is -2.27. The second-order valence-corrected chi connectivity index (χ2v) is 5.70. The summed E-state index contributed by atoms with van der Waals surface area (Å²) in [6, 6.07) is 8.05. The highest BCUT2D eigenvalue weighted by Crippen LogP contribution is 2.35. The monoisotopic (exact) mass is 298 g/mol.